The number of aromatic amines is 1. The molecule has 2 aromatic rings. The highest BCUT2D eigenvalue weighted by atomic mass is 32.1. The number of nitrogens with zero attached hydrogens (tertiary/aromatic N) is 1. The van der Waals surface area contributed by atoms with Gasteiger partial charge < -0.3 is 4.98 Å². The van der Waals surface area contributed by atoms with Gasteiger partial charge in [0.1, 0.15) is 10.7 Å². The van der Waals surface area contributed by atoms with Crippen LogP contribution in [0.1, 0.15) is 55.3 Å². The number of hydrogen-bond donors (Lipinski definition) is 1. The molecule has 0 amide bonds. The van der Waals surface area contributed by atoms with E-state index in [1.54, 1.807) is 11.3 Å². The van der Waals surface area contributed by atoms with Gasteiger partial charge in [0.25, 0.3) is 5.56 Å². The van der Waals surface area contributed by atoms with Crippen LogP contribution in [0.5, 0.6) is 0 Å². The zero-order valence-electron chi connectivity index (χ0n) is 11.4. The van der Waals surface area contributed by atoms with Gasteiger partial charge in [-0.15, -0.1) is 11.3 Å². The Balaban J connectivity index is 1.91. The van der Waals surface area contributed by atoms with E-state index in [2.05, 4.69) is 18.8 Å². The number of thiophene rings is 1. The zero-order valence-corrected chi connectivity index (χ0v) is 12.2. The van der Waals surface area contributed by atoms with Crippen LogP contribution in [-0.2, 0) is 12.8 Å². The third-order valence-electron chi connectivity index (χ3n) is 4.69. The summed E-state index contributed by atoms with van der Waals surface area (Å²) < 4.78 is 0. The van der Waals surface area contributed by atoms with E-state index in [-0.39, 0.29) is 5.56 Å². The van der Waals surface area contributed by atoms with Crippen LogP contribution in [0.25, 0.3) is 10.2 Å². The summed E-state index contributed by atoms with van der Waals surface area (Å²) in [5, 5.41) is 0.877. The molecule has 4 rings (SSSR count). The minimum Gasteiger partial charge on any atom is -0.310 e. The fourth-order valence-corrected chi connectivity index (χ4v) is 4.55. The number of aromatic nitrogens is 2. The summed E-state index contributed by atoms with van der Waals surface area (Å²) in [6.07, 6.45) is 5.76. The monoisotopic (exact) mass is 274 g/mol. The average molecular weight is 274 g/mol. The number of aryl methyl sites for hydroxylation is 2. The van der Waals surface area contributed by atoms with Crippen molar-refractivity contribution < 1.29 is 0 Å². The maximum absolute atomic E-state index is 12.4. The smallest absolute Gasteiger partial charge is 0.259 e. The second kappa shape index (κ2) is 3.69. The molecule has 2 aliphatic rings. The SMILES string of the molecule is CC1(C)CC1c1nc2sc3c(c2c(=O)[nH]1)CCCC3. The summed E-state index contributed by atoms with van der Waals surface area (Å²) in [5.41, 5.74) is 1.67. The number of rotatable bonds is 1. The third-order valence-corrected chi connectivity index (χ3v) is 5.87. The van der Waals surface area contributed by atoms with Crippen LogP contribution in [0.3, 0.4) is 0 Å². The van der Waals surface area contributed by atoms with E-state index in [4.69, 9.17) is 4.98 Å². The van der Waals surface area contributed by atoms with Crippen molar-refractivity contribution in [3.05, 3.63) is 26.6 Å². The average Bonchev–Trinajstić information content (AvgIpc) is 2.84. The first-order chi connectivity index (χ1) is 9.06. The Bertz CT molecular complexity index is 726. The number of hydrogen-bond acceptors (Lipinski definition) is 3. The van der Waals surface area contributed by atoms with Gasteiger partial charge in [0, 0.05) is 10.8 Å². The Morgan fingerprint density at radius 2 is 2.05 bits per heavy atom. The van der Waals surface area contributed by atoms with Gasteiger partial charge in [-0.25, -0.2) is 4.98 Å². The molecule has 0 radical (unpaired) electrons. The van der Waals surface area contributed by atoms with Gasteiger partial charge in [0.05, 0.1) is 5.39 Å². The first kappa shape index (κ1) is 11.6. The van der Waals surface area contributed by atoms with E-state index >= 15 is 0 Å². The molecular weight excluding hydrogens is 256 g/mol. The quantitative estimate of drug-likeness (QED) is 0.866. The van der Waals surface area contributed by atoms with Gasteiger partial charge in [-0.3, -0.25) is 4.79 Å². The minimum atomic E-state index is 0.0853. The van der Waals surface area contributed by atoms with Crippen molar-refractivity contribution in [2.75, 3.05) is 0 Å². The minimum absolute atomic E-state index is 0.0853. The topological polar surface area (TPSA) is 45.8 Å². The molecule has 0 saturated heterocycles. The Morgan fingerprint density at radius 3 is 2.79 bits per heavy atom. The Labute approximate surface area is 116 Å². The van der Waals surface area contributed by atoms with Crippen molar-refractivity contribution >= 4 is 21.6 Å². The molecule has 0 spiro atoms. The molecule has 100 valence electrons. The van der Waals surface area contributed by atoms with Crippen LogP contribution in [0.15, 0.2) is 4.79 Å². The van der Waals surface area contributed by atoms with E-state index in [1.807, 2.05) is 0 Å². The van der Waals surface area contributed by atoms with Crippen LogP contribution in [0.4, 0.5) is 0 Å². The van der Waals surface area contributed by atoms with Gasteiger partial charge in [-0.2, -0.15) is 0 Å². The predicted octanol–water partition coefficient (Wildman–Crippen LogP) is 3.38. The largest absolute Gasteiger partial charge is 0.310 e. The van der Waals surface area contributed by atoms with Crippen molar-refractivity contribution in [3.63, 3.8) is 0 Å². The van der Waals surface area contributed by atoms with Crippen LogP contribution < -0.4 is 5.56 Å². The molecule has 1 fully saturated rings. The standard InChI is InChI=1S/C15H18N2OS/c1-15(2)7-9(15)12-16-13(18)11-8-5-3-4-6-10(8)19-14(11)17-12/h9H,3-7H2,1-2H3,(H,16,17,18). The Hall–Kier alpha value is -1.16. The van der Waals surface area contributed by atoms with Crippen molar-refractivity contribution in [3.8, 4) is 0 Å². The maximum atomic E-state index is 12.4. The van der Waals surface area contributed by atoms with Gasteiger partial charge in [-0.05, 0) is 43.1 Å². The number of nitrogens with one attached hydrogen (secondary N) is 1. The van der Waals surface area contributed by atoms with Gasteiger partial charge in [0.2, 0.25) is 0 Å². The molecule has 2 heterocycles. The molecule has 0 aliphatic heterocycles. The predicted molar refractivity (Wildman–Crippen MR) is 78.0 cm³/mol. The fourth-order valence-electron chi connectivity index (χ4n) is 3.28. The van der Waals surface area contributed by atoms with Crippen LogP contribution >= 0.6 is 11.3 Å². The highest BCUT2D eigenvalue weighted by Crippen LogP contribution is 2.57. The molecule has 0 aromatic carbocycles. The van der Waals surface area contributed by atoms with Crippen molar-refractivity contribution in [1.29, 1.82) is 0 Å². The zero-order chi connectivity index (χ0) is 13.2. The molecule has 2 aromatic heterocycles. The first-order valence-corrected chi connectivity index (χ1v) is 7.92. The second-order valence-electron chi connectivity index (χ2n) is 6.59. The molecular formula is C15H18N2OS. The fraction of sp³-hybridized carbons (Fsp3) is 0.600. The van der Waals surface area contributed by atoms with Gasteiger partial charge in [0.15, 0.2) is 0 Å². The molecule has 4 heteroatoms. The lowest BCUT2D eigenvalue weighted by Gasteiger charge is -2.09. The normalized spacial score (nSPS) is 24.4. The Morgan fingerprint density at radius 1 is 1.32 bits per heavy atom. The summed E-state index contributed by atoms with van der Waals surface area (Å²) in [5.74, 6) is 1.34. The second-order valence-corrected chi connectivity index (χ2v) is 7.67. The molecule has 0 bridgehead atoms. The lowest BCUT2D eigenvalue weighted by Crippen LogP contribution is -2.13. The summed E-state index contributed by atoms with van der Waals surface area (Å²) in [6.45, 7) is 4.47. The van der Waals surface area contributed by atoms with E-state index in [1.165, 1.54) is 23.3 Å². The van der Waals surface area contributed by atoms with E-state index in [0.717, 1.165) is 35.3 Å². The van der Waals surface area contributed by atoms with Gasteiger partial charge >= 0.3 is 0 Å². The molecule has 3 nitrogen and oxygen atoms in total. The summed E-state index contributed by atoms with van der Waals surface area (Å²) in [6, 6.07) is 0. The molecule has 1 atom stereocenters. The van der Waals surface area contributed by atoms with Crippen molar-refractivity contribution in [2.45, 2.75) is 51.9 Å². The van der Waals surface area contributed by atoms with Crippen LogP contribution in [0, 0.1) is 5.41 Å². The van der Waals surface area contributed by atoms with E-state index < -0.39 is 0 Å². The first-order valence-electron chi connectivity index (χ1n) is 7.11. The number of H-pyrrole nitrogens is 1. The van der Waals surface area contributed by atoms with Gasteiger partial charge in [-0.1, -0.05) is 13.8 Å². The Kier molecular flexibility index (Phi) is 2.26. The van der Waals surface area contributed by atoms with Crippen LogP contribution in [-0.4, -0.2) is 9.97 Å². The summed E-state index contributed by atoms with van der Waals surface area (Å²) >= 11 is 1.74. The lowest BCUT2D eigenvalue weighted by atomic mass is 9.97. The van der Waals surface area contributed by atoms with Crippen LogP contribution in [0.2, 0.25) is 0 Å². The lowest BCUT2D eigenvalue weighted by molar-refractivity contribution is 0.609. The molecule has 19 heavy (non-hydrogen) atoms. The molecule has 1 unspecified atom stereocenters. The summed E-state index contributed by atoms with van der Waals surface area (Å²) in [4.78, 5) is 22.6. The number of fused-ring (bicyclic) bond motifs is 3. The molecule has 1 saturated carbocycles. The highest BCUT2D eigenvalue weighted by molar-refractivity contribution is 7.18. The van der Waals surface area contributed by atoms with E-state index in [9.17, 15) is 4.79 Å². The third kappa shape index (κ3) is 1.69. The highest BCUT2D eigenvalue weighted by Gasteiger charge is 2.48. The summed E-state index contributed by atoms with van der Waals surface area (Å²) in [7, 11) is 0. The molecule has 2 aliphatic carbocycles. The maximum Gasteiger partial charge on any atom is 0.259 e. The molecule has 1 N–H and O–H groups in total. The van der Waals surface area contributed by atoms with Crippen molar-refractivity contribution in [2.24, 2.45) is 5.41 Å². The van der Waals surface area contributed by atoms with Crippen molar-refractivity contribution in [1.82, 2.24) is 9.97 Å². The van der Waals surface area contributed by atoms with E-state index in [0.29, 0.717) is 11.3 Å².